The first-order valence-electron chi connectivity index (χ1n) is 1.72. The summed E-state index contributed by atoms with van der Waals surface area (Å²) in [7, 11) is 0. The van der Waals surface area contributed by atoms with Crippen molar-refractivity contribution in [3.05, 3.63) is 0 Å². The Morgan fingerprint density at radius 3 is 1.00 bits per heavy atom. The van der Waals surface area contributed by atoms with Gasteiger partial charge in [0.15, 0.2) is 0 Å². The van der Waals surface area contributed by atoms with Gasteiger partial charge in [-0.15, -0.1) is 0 Å². The standard InChI is InChI=1S/2CH2O3.CO2.3H2O.Y.2H2/c2*2-1-4-3;2-1-3;;;;;;/h2*1,3H;;3*1H2;;2*1H. The van der Waals surface area contributed by atoms with Crippen LogP contribution in [0.15, 0.2) is 0 Å². The topological polar surface area (TPSA) is 222 Å². The average molecular weight is 315 g/mol. The molecule has 8 N–H and O–H groups in total. The van der Waals surface area contributed by atoms with Crippen molar-refractivity contribution in [2.24, 2.45) is 0 Å². The molecule has 11 nitrogen and oxygen atoms in total. The summed E-state index contributed by atoms with van der Waals surface area (Å²) in [6.45, 7) is -0.139. The molecule has 0 unspecified atom stereocenters. The molecular formula is C3H14O11Y. The summed E-state index contributed by atoms with van der Waals surface area (Å²) in [6.07, 6.45) is 0.250. The van der Waals surface area contributed by atoms with E-state index in [2.05, 4.69) is 9.78 Å². The molecule has 0 aromatic carbocycles. The van der Waals surface area contributed by atoms with Crippen molar-refractivity contribution in [3.63, 3.8) is 0 Å². The smallest absolute Gasteiger partial charge is 0.373 e. The third kappa shape index (κ3) is 1110. The van der Waals surface area contributed by atoms with Crippen LogP contribution < -0.4 is 0 Å². The number of hydrogen-bond acceptors (Lipinski definition) is 8. The zero-order valence-electron chi connectivity index (χ0n) is 7.08. The van der Waals surface area contributed by atoms with Gasteiger partial charge in [0.2, 0.25) is 0 Å². The van der Waals surface area contributed by atoms with Crippen molar-refractivity contribution in [1.29, 1.82) is 0 Å². The van der Waals surface area contributed by atoms with Crippen LogP contribution in [0.25, 0.3) is 0 Å². The monoisotopic (exact) mass is 315 g/mol. The summed E-state index contributed by atoms with van der Waals surface area (Å²) < 4.78 is 0. The Labute approximate surface area is 111 Å². The van der Waals surface area contributed by atoms with Crippen molar-refractivity contribution < 1.29 is 91.5 Å². The summed E-state index contributed by atoms with van der Waals surface area (Å²) >= 11 is 0. The van der Waals surface area contributed by atoms with Gasteiger partial charge in [0.05, 0.1) is 0 Å². The molecule has 0 rings (SSSR count). The van der Waals surface area contributed by atoms with E-state index in [-0.39, 0.29) is 71.1 Å². The number of rotatable bonds is 2. The molecule has 0 bridgehead atoms. The van der Waals surface area contributed by atoms with Gasteiger partial charge in [0.1, 0.15) is 0 Å². The van der Waals surface area contributed by atoms with Crippen LogP contribution in [0.4, 0.5) is 0 Å². The molecule has 0 saturated carbocycles. The molecule has 0 aliphatic heterocycles. The average Bonchev–Trinajstić information content (AvgIpc) is 2.06. The molecule has 0 atom stereocenters. The first-order chi connectivity index (χ1) is 5.24. The molecule has 1 radical (unpaired) electrons. The zero-order chi connectivity index (χ0) is 9.54. The second-order valence-corrected chi connectivity index (χ2v) is 0.487. The van der Waals surface area contributed by atoms with E-state index >= 15 is 0 Å². The normalized spacial score (nSPS) is 3.33. The Morgan fingerprint density at radius 2 is 1.00 bits per heavy atom. The molecule has 0 amide bonds. The predicted octanol–water partition coefficient (Wildman–Crippen LogP) is -3.30. The predicted molar refractivity (Wildman–Crippen MR) is 39.6 cm³/mol. The third-order valence-electron chi connectivity index (χ3n) is 0.0861. The van der Waals surface area contributed by atoms with Gasteiger partial charge in [-0.05, 0) is 0 Å². The molecule has 0 heterocycles. The fourth-order valence-electron chi connectivity index (χ4n) is 0. The van der Waals surface area contributed by atoms with E-state index in [1.807, 2.05) is 0 Å². The summed E-state index contributed by atoms with van der Waals surface area (Å²) in [4.78, 5) is 39.4. The molecule has 0 aliphatic carbocycles. The van der Waals surface area contributed by atoms with Crippen molar-refractivity contribution >= 4 is 19.1 Å². The van der Waals surface area contributed by atoms with Crippen molar-refractivity contribution in [1.82, 2.24) is 0 Å². The van der Waals surface area contributed by atoms with E-state index in [9.17, 15) is 0 Å². The Kier molecular flexibility index (Phi) is 352. The fraction of sp³-hybridized carbons (Fsp3) is 0. The Bertz CT molecular complexity index is 109. The third-order valence-corrected chi connectivity index (χ3v) is 0.0861. The van der Waals surface area contributed by atoms with Crippen LogP contribution in [0.3, 0.4) is 0 Å². The molecule has 0 aliphatic rings. The number of hydrogen-bond donors (Lipinski definition) is 2. The van der Waals surface area contributed by atoms with Gasteiger partial charge in [0.25, 0.3) is 0 Å². The molecule has 95 valence electrons. The van der Waals surface area contributed by atoms with E-state index in [1.54, 1.807) is 0 Å². The van der Waals surface area contributed by atoms with Crippen LogP contribution in [0.5, 0.6) is 0 Å². The maximum atomic E-state index is 8.70. The van der Waals surface area contributed by atoms with Gasteiger partial charge >= 0.3 is 19.1 Å². The second kappa shape index (κ2) is 111. The van der Waals surface area contributed by atoms with Crippen LogP contribution in [-0.4, -0.2) is 46.0 Å². The van der Waals surface area contributed by atoms with Gasteiger partial charge in [-0.3, -0.25) is 9.59 Å². The first kappa shape index (κ1) is 47.7. The number of carbonyl (C=O) groups is 2. The summed E-state index contributed by atoms with van der Waals surface area (Å²) in [5.74, 6) is 0. The minimum atomic E-state index is -0.0694. The second-order valence-electron chi connectivity index (χ2n) is 0.487. The molecule has 0 spiro atoms. The van der Waals surface area contributed by atoms with Crippen molar-refractivity contribution in [2.45, 2.75) is 0 Å². The summed E-state index contributed by atoms with van der Waals surface area (Å²) in [6, 6.07) is 0. The van der Waals surface area contributed by atoms with Gasteiger partial charge < -0.3 is 26.2 Å². The molecular weight excluding hydrogens is 301 g/mol. The largest absolute Gasteiger partial charge is 0.412 e. The Hall–Kier alpha value is -0.776. The van der Waals surface area contributed by atoms with Crippen LogP contribution in [-0.2, 0) is 61.7 Å². The maximum Gasteiger partial charge on any atom is 0.373 e. The van der Waals surface area contributed by atoms with Gasteiger partial charge in [0, 0.05) is 35.6 Å². The molecule has 15 heavy (non-hydrogen) atoms. The number of carbonyl (C=O) groups excluding carboxylic acids is 4. The summed E-state index contributed by atoms with van der Waals surface area (Å²) in [5, 5.41) is 14.0. The van der Waals surface area contributed by atoms with E-state index in [4.69, 9.17) is 29.7 Å². The Morgan fingerprint density at radius 1 is 0.933 bits per heavy atom. The van der Waals surface area contributed by atoms with Crippen LogP contribution in [0, 0.1) is 0 Å². The van der Waals surface area contributed by atoms with E-state index < -0.39 is 0 Å². The van der Waals surface area contributed by atoms with E-state index in [0.717, 1.165) is 0 Å². The Balaban J connectivity index is -0.00000000691. The zero-order valence-corrected chi connectivity index (χ0v) is 9.91. The van der Waals surface area contributed by atoms with E-state index in [1.165, 1.54) is 0 Å². The minimum absolute atomic E-state index is 0. The fourth-order valence-corrected chi connectivity index (χ4v) is 0. The van der Waals surface area contributed by atoms with Crippen LogP contribution >= 0.6 is 0 Å². The first-order valence-corrected chi connectivity index (χ1v) is 1.72. The maximum absolute atomic E-state index is 8.70. The van der Waals surface area contributed by atoms with Gasteiger partial charge in [-0.1, -0.05) is 0 Å². The van der Waals surface area contributed by atoms with Gasteiger partial charge in [-0.2, -0.15) is 9.59 Å². The summed E-state index contributed by atoms with van der Waals surface area (Å²) in [5.41, 5.74) is 0. The van der Waals surface area contributed by atoms with Gasteiger partial charge in [-0.25, -0.2) is 10.5 Å². The van der Waals surface area contributed by atoms with Crippen LogP contribution in [0.2, 0.25) is 0 Å². The molecule has 0 aromatic heterocycles. The van der Waals surface area contributed by atoms with Crippen LogP contribution in [0.1, 0.15) is 2.85 Å². The SMILES string of the molecule is O.O.O.O=C=O.O=COO.O=COO.[HH].[HH].[Y]. The molecule has 0 aromatic rings. The quantitative estimate of drug-likeness (QED) is 0.297. The molecule has 0 saturated heterocycles. The van der Waals surface area contributed by atoms with Crippen molar-refractivity contribution in [2.75, 3.05) is 0 Å². The van der Waals surface area contributed by atoms with Crippen molar-refractivity contribution in [3.8, 4) is 0 Å². The molecule has 12 heteroatoms. The minimum Gasteiger partial charge on any atom is -0.412 e. The van der Waals surface area contributed by atoms with E-state index in [0.29, 0.717) is 0 Å². The molecule has 0 fully saturated rings.